The first-order valence-corrected chi connectivity index (χ1v) is 8.05. The number of rotatable bonds is 6. The van der Waals surface area contributed by atoms with Crippen LogP contribution in [0.25, 0.3) is 0 Å². The minimum absolute atomic E-state index is 0.0325. The lowest BCUT2D eigenvalue weighted by atomic mass is 9.83. The summed E-state index contributed by atoms with van der Waals surface area (Å²) in [4.78, 5) is 14.6. The number of hydrogen-bond acceptors (Lipinski definition) is 2. The first-order valence-electron chi connectivity index (χ1n) is 8.05. The van der Waals surface area contributed by atoms with Gasteiger partial charge in [0.2, 0.25) is 5.91 Å². The highest BCUT2D eigenvalue weighted by Gasteiger charge is 2.40. The summed E-state index contributed by atoms with van der Waals surface area (Å²) in [6.45, 7) is 9.70. The molecule has 0 aromatic heterocycles. The second-order valence-corrected chi connectivity index (χ2v) is 7.15. The first-order chi connectivity index (χ1) is 8.99. The zero-order valence-electron chi connectivity index (χ0n) is 13.0. The highest BCUT2D eigenvalue weighted by molar-refractivity contribution is 5.84. The van der Waals surface area contributed by atoms with Gasteiger partial charge in [-0.2, -0.15) is 0 Å². The molecular formula is C16H30N2O. The summed E-state index contributed by atoms with van der Waals surface area (Å²) in [7, 11) is 0. The number of hydrogen-bond donors (Lipinski definition) is 1. The SMILES string of the molecule is CC(C)CC1NC(C(C)C)C(=O)N1CCC1CCC1. The fourth-order valence-electron chi connectivity index (χ4n) is 3.19. The Labute approximate surface area is 118 Å². The highest BCUT2D eigenvalue weighted by Crippen LogP contribution is 2.31. The number of nitrogens with one attached hydrogen (secondary N) is 1. The summed E-state index contributed by atoms with van der Waals surface area (Å²) in [6.07, 6.45) is 6.67. The zero-order chi connectivity index (χ0) is 14.0. The minimum atomic E-state index is 0.0325. The van der Waals surface area contributed by atoms with E-state index in [1.807, 2.05) is 0 Å². The van der Waals surface area contributed by atoms with E-state index in [4.69, 9.17) is 0 Å². The minimum Gasteiger partial charge on any atom is -0.326 e. The van der Waals surface area contributed by atoms with Crippen molar-refractivity contribution < 1.29 is 4.79 Å². The second-order valence-electron chi connectivity index (χ2n) is 7.15. The summed E-state index contributed by atoms with van der Waals surface area (Å²) >= 11 is 0. The van der Waals surface area contributed by atoms with Crippen LogP contribution in [0.2, 0.25) is 0 Å². The molecule has 2 unspecified atom stereocenters. The molecule has 2 fully saturated rings. The Morgan fingerprint density at radius 1 is 1.26 bits per heavy atom. The van der Waals surface area contributed by atoms with Crippen LogP contribution in [-0.2, 0) is 4.79 Å². The van der Waals surface area contributed by atoms with Gasteiger partial charge < -0.3 is 4.90 Å². The maximum absolute atomic E-state index is 12.5. The zero-order valence-corrected chi connectivity index (χ0v) is 13.0. The number of nitrogens with zero attached hydrogens (tertiary/aromatic N) is 1. The van der Waals surface area contributed by atoms with Crippen molar-refractivity contribution in [3.63, 3.8) is 0 Å². The summed E-state index contributed by atoms with van der Waals surface area (Å²) in [5.41, 5.74) is 0. The van der Waals surface area contributed by atoms with Crippen LogP contribution in [0.15, 0.2) is 0 Å². The van der Waals surface area contributed by atoms with Gasteiger partial charge in [-0.05, 0) is 30.6 Å². The third-order valence-corrected chi connectivity index (χ3v) is 4.66. The van der Waals surface area contributed by atoms with Gasteiger partial charge >= 0.3 is 0 Å². The van der Waals surface area contributed by atoms with Crippen molar-refractivity contribution >= 4 is 5.91 Å². The van der Waals surface area contributed by atoms with Gasteiger partial charge in [0, 0.05) is 6.54 Å². The van der Waals surface area contributed by atoms with E-state index in [2.05, 4.69) is 37.9 Å². The summed E-state index contributed by atoms with van der Waals surface area (Å²) in [6, 6.07) is 0.0325. The molecule has 0 aromatic rings. The van der Waals surface area contributed by atoms with E-state index >= 15 is 0 Å². The van der Waals surface area contributed by atoms with Crippen LogP contribution in [-0.4, -0.2) is 29.6 Å². The number of amides is 1. The van der Waals surface area contributed by atoms with Crippen LogP contribution in [0, 0.1) is 17.8 Å². The lowest BCUT2D eigenvalue weighted by Crippen LogP contribution is -2.40. The molecule has 2 rings (SSSR count). The molecule has 0 radical (unpaired) electrons. The molecule has 0 bridgehead atoms. The van der Waals surface area contributed by atoms with E-state index in [1.54, 1.807) is 0 Å². The normalized spacial score (nSPS) is 28.5. The maximum atomic E-state index is 12.5. The van der Waals surface area contributed by atoms with Gasteiger partial charge in [-0.1, -0.05) is 47.0 Å². The predicted molar refractivity (Wildman–Crippen MR) is 78.7 cm³/mol. The number of carbonyl (C=O) groups excluding carboxylic acids is 1. The van der Waals surface area contributed by atoms with Gasteiger partial charge in [-0.15, -0.1) is 0 Å². The monoisotopic (exact) mass is 266 g/mol. The topological polar surface area (TPSA) is 32.3 Å². The van der Waals surface area contributed by atoms with E-state index in [9.17, 15) is 4.79 Å². The van der Waals surface area contributed by atoms with Crippen molar-refractivity contribution in [1.29, 1.82) is 0 Å². The van der Waals surface area contributed by atoms with E-state index in [-0.39, 0.29) is 12.2 Å². The Morgan fingerprint density at radius 2 is 1.95 bits per heavy atom. The molecule has 3 heteroatoms. The Morgan fingerprint density at radius 3 is 2.42 bits per heavy atom. The molecule has 0 spiro atoms. The van der Waals surface area contributed by atoms with E-state index in [0.717, 1.165) is 18.9 Å². The Bertz CT molecular complexity index is 310. The van der Waals surface area contributed by atoms with Crippen LogP contribution < -0.4 is 5.32 Å². The van der Waals surface area contributed by atoms with Gasteiger partial charge in [0.15, 0.2) is 0 Å². The standard InChI is InChI=1S/C16H30N2O/c1-11(2)10-14-17-15(12(3)4)16(19)18(14)9-8-13-6-5-7-13/h11-15,17H,5-10H2,1-4H3. The van der Waals surface area contributed by atoms with E-state index in [0.29, 0.717) is 17.7 Å². The van der Waals surface area contributed by atoms with Gasteiger partial charge in [0.05, 0.1) is 12.2 Å². The molecule has 1 aliphatic carbocycles. The molecule has 19 heavy (non-hydrogen) atoms. The van der Waals surface area contributed by atoms with Crippen molar-refractivity contribution in [3.05, 3.63) is 0 Å². The molecule has 1 N–H and O–H groups in total. The molecule has 1 heterocycles. The fourth-order valence-corrected chi connectivity index (χ4v) is 3.19. The van der Waals surface area contributed by atoms with Crippen LogP contribution in [0.1, 0.15) is 59.8 Å². The molecule has 110 valence electrons. The van der Waals surface area contributed by atoms with Gasteiger partial charge in [-0.3, -0.25) is 10.1 Å². The Balaban J connectivity index is 1.95. The summed E-state index contributed by atoms with van der Waals surface area (Å²) in [5.74, 6) is 2.23. The van der Waals surface area contributed by atoms with Crippen molar-refractivity contribution in [3.8, 4) is 0 Å². The predicted octanol–water partition coefficient (Wildman–Crippen LogP) is 3.01. The molecule has 3 nitrogen and oxygen atoms in total. The van der Waals surface area contributed by atoms with Crippen LogP contribution in [0.5, 0.6) is 0 Å². The second kappa shape index (κ2) is 6.25. The molecule has 1 saturated carbocycles. The fraction of sp³-hybridized carbons (Fsp3) is 0.938. The largest absolute Gasteiger partial charge is 0.326 e. The van der Waals surface area contributed by atoms with Crippen LogP contribution in [0.4, 0.5) is 0 Å². The molecule has 2 atom stereocenters. The molecule has 2 aliphatic rings. The highest BCUT2D eigenvalue weighted by atomic mass is 16.2. The van der Waals surface area contributed by atoms with Crippen molar-refractivity contribution in [2.45, 2.75) is 72.0 Å². The first kappa shape index (κ1) is 14.8. The Kier molecular flexibility index (Phi) is 4.88. The Hall–Kier alpha value is -0.570. The third kappa shape index (κ3) is 3.50. The molecule has 0 aromatic carbocycles. The van der Waals surface area contributed by atoms with Crippen LogP contribution >= 0.6 is 0 Å². The smallest absolute Gasteiger partial charge is 0.241 e. The average Bonchev–Trinajstić information content (AvgIpc) is 2.54. The van der Waals surface area contributed by atoms with Gasteiger partial charge in [0.1, 0.15) is 0 Å². The molecule has 1 saturated heterocycles. The lowest BCUT2D eigenvalue weighted by molar-refractivity contribution is -0.131. The van der Waals surface area contributed by atoms with Gasteiger partial charge in [-0.25, -0.2) is 0 Å². The lowest BCUT2D eigenvalue weighted by Gasteiger charge is -2.30. The quantitative estimate of drug-likeness (QED) is 0.801. The van der Waals surface area contributed by atoms with E-state index < -0.39 is 0 Å². The summed E-state index contributed by atoms with van der Waals surface area (Å²) < 4.78 is 0. The van der Waals surface area contributed by atoms with Crippen LogP contribution in [0.3, 0.4) is 0 Å². The third-order valence-electron chi connectivity index (χ3n) is 4.66. The van der Waals surface area contributed by atoms with Crippen molar-refractivity contribution in [1.82, 2.24) is 10.2 Å². The van der Waals surface area contributed by atoms with Crippen molar-refractivity contribution in [2.75, 3.05) is 6.54 Å². The van der Waals surface area contributed by atoms with E-state index in [1.165, 1.54) is 25.7 Å². The molecule has 1 amide bonds. The molecular weight excluding hydrogens is 236 g/mol. The molecule has 1 aliphatic heterocycles. The summed E-state index contributed by atoms with van der Waals surface area (Å²) in [5, 5.41) is 3.56. The number of carbonyl (C=O) groups is 1. The average molecular weight is 266 g/mol. The van der Waals surface area contributed by atoms with Gasteiger partial charge in [0.25, 0.3) is 0 Å². The van der Waals surface area contributed by atoms with Crippen molar-refractivity contribution in [2.24, 2.45) is 17.8 Å². The maximum Gasteiger partial charge on any atom is 0.241 e.